The number of hydrogen-bond acceptors (Lipinski definition) is 3. The number of carboxylic acid groups (broad SMARTS) is 1. The van der Waals surface area contributed by atoms with Crippen molar-refractivity contribution >= 4 is 17.6 Å². The fourth-order valence-electron chi connectivity index (χ4n) is 3.74. The highest BCUT2D eigenvalue weighted by atomic mass is 16.4. The second-order valence-corrected chi connectivity index (χ2v) is 7.37. The average Bonchev–Trinajstić information content (AvgIpc) is 3.00. The molecule has 5 heteroatoms. The molecule has 2 N–H and O–H groups in total. The zero-order chi connectivity index (χ0) is 17.2. The molecule has 1 unspecified atom stereocenters. The van der Waals surface area contributed by atoms with E-state index in [0.717, 1.165) is 18.5 Å². The molecule has 1 amide bonds. The molecule has 130 valence electrons. The zero-order valence-corrected chi connectivity index (χ0v) is 14.3. The van der Waals surface area contributed by atoms with Gasteiger partial charge in [0.15, 0.2) is 0 Å². The van der Waals surface area contributed by atoms with Gasteiger partial charge in [0.25, 0.3) is 5.91 Å². The minimum Gasteiger partial charge on any atom is -0.481 e. The van der Waals surface area contributed by atoms with Crippen LogP contribution in [-0.4, -0.2) is 41.0 Å². The van der Waals surface area contributed by atoms with Crippen molar-refractivity contribution in [1.29, 1.82) is 0 Å². The minimum absolute atomic E-state index is 0.0705. The average molecular weight is 330 g/mol. The van der Waals surface area contributed by atoms with Crippen LogP contribution in [0.1, 0.15) is 55.8 Å². The first kappa shape index (κ1) is 16.8. The number of nitrogens with one attached hydrogen (secondary N) is 1. The topological polar surface area (TPSA) is 69.6 Å². The lowest BCUT2D eigenvalue weighted by molar-refractivity contribution is -0.147. The first-order valence-corrected chi connectivity index (χ1v) is 8.88. The summed E-state index contributed by atoms with van der Waals surface area (Å²) >= 11 is 0. The van der Waals surface area contributed by atoms with Crippen molar-refractivity contribution in [3.05, 3.63) is 29.8 Å². The molecule has 1 atom stereocenters. The number of carbonyl (C=O) groups excluding carboxylic acids is 1. The number of para-hydroxylation sites is 1. The standard InChI is InChI=1S/C19H26N2O3/c1-19(18(23)24)11-12-21(13-19)17(22)15-9-5-6-10-16(15)20-14-7-3-2-4-8-14/h5-6,9-10,14,20H,2-4,7-8,11-13H2,1H3,(H,23,24). The third-order valence-corrected chi connectivity index (χ3v) is 5.40. The van der Waals surface area contributed by atoms with Crippen LogP contribution in [0.5, 0.6) is 0 Å². The largest absolute Gasteiger partial charge is 0.481 e. The van der Waals surface area contributed by atoms with Gasteiger partial charge in [0.2, 0.25) is 0 Å². The van der Waals surface area contributed by atoms with Crippen LogP contribution in [0.25, 0.3) is 0 Å². The third kappa shape index (κ3) is 3.40. The van der Waals surface area contributed by atoms with Gasteiger partial charge in [-0.25, -0.2) is 0 Å². The molecule has 1 heterocycles. The number of carboxylic acids is 1. The summed E-state index contributed by atoms with van der Waals surface area (Å²) in [5.74, 6) is -0.898. The van der Waals surface area contributed by atoms with E-state index in [1.165, 1.54) is 19.3 Å². The lowest BCUT2D eigenvalue weighted by Crippen LogP contribution is -2.35. The molecule has 0 bridgehead atoms. The Kier molecular flexibility index (Phi) is 4.78. The fourth-order valence-corrected chi connectivity index (χ4v) is 3.74. The quantitative estimate of drug-likeness (QED) is 0.888. The molecule has 1 aromatic rings. The summed E-state index contributed by atoms with van der Waals surface area (Å²) in [6, 6.07) is 8.02. The number of aliphatic carboxylic acids is 1. The number of hydrogen-bond donors (Lipinski definition) is 2. The maximum atomic E-state index is 12.9. The van der Waals surface area contributed by atoms with Crippen molar-refractivity contribution < 1.29 is 14.7 Å². The van der Waals surface area contributed by atoms with Crippen LogP contribution in [0.4, 0.5) is 5.69 Å². The minimum atomic E-state index is -0.832. The van der Waals surface area contributed by atoms with Crippen LogP contribution >= 0.6 is 0 Å². The molecule has 0 aromatic heterocycles. The van der Waals surface area contributed by atoms with Crippen molar-refractivity contribution in [2.24, 2.45) is 5.41 Å². The number of rotatable bonds is 4. The van der Waals surface area contributed by atoms with Crippen molar-refractivity contribution in [3.8, 4) is 0 Å². The molecule has 3 rings (SSSR count). The van der Waals surface area contributed by atoms with E-state index in [1.807, 2.05) is 24.3 Å². The molecule has 0 spiro atoms. The second-order valence-electron chi connectivity index (χ2n) is 7.37. The summed E-state index contributed by atoms with van der Waals surface area (Å²) < 4.78 is 0. The van der Waals surface area contributed by atoms with Gasteiger partial charge >= 0.3 is 5.97 Å². The maximum Gasteiger partial charge on any atom is 0.311 e. The predicted molar refractivity (Wildman–Crippen MR) is 93.2 cm³/mol. The smallest absolute Gasteiger partial charge is 0.311 e. The Hall–Kier alpha value is -2.04. The molecule has 2 fully saturated rings. The van der Waals surface area contributed by atoms with Crippen molar-refractivity contribution in [3.63, 3.8) is 0 Å². The van der Waals surface area contributed by atoms with Gasteiger partial charge in [-0.15, -0.1) is 0 Å². The van der Waals surface area contributed by atoms with Gasteiger partial charge in [-0.2, -0.15) is 0 Å². The van der Waals surface area contributed by atoms with Crippen molar-refractivity contribution in [2.45, 2.75) is 51.5 Å². The molecule has 5 nitrogen and oxygen atoms in total. The van der Waals surface area contributed by atoms with Gasteiger partial charge in [-0.05, 0) is 38.3 Å². The number of benzene rings is 1. The van der Waals surface area contributed by atoms with Gasteiger partial charge in [0.05, 0.1) is 11.0 Å². The Morgan fingerprint density at radius 2 is 1.92 bits per heavy atom. The highest BCUT2D eigenvalue weighted by Gasteiger charge is 2.42. The highest BCUT2D eigenvalue weighted by Crippen LogP contribution is 2.32. The summed E-state index contributed by atoms with van der Waals surface area (Å²) in [6.45, 7) is 2.49. The van der Waals surface area contributed by atoms with Crippen LogP contribution in [-0.2, 0) is 4.79 Å². The molecular weight excluding hydrogens is 304 g/mol. The molecule has 2 aliphatic rings. The van der Waals surface area contributed by atoms with E-state index < -0.39 is 11.4 Å². The van der Waals surface area contributed by atoms with Gasteiger partial charge in [-0.1, -0.05) is 31.4 Å². The van der Waals surface area contributed by atoms with Crippen molar-refractivity contribution in [2.75, 3.05) is 18.4 Å². The highest BCUT2D eigenvalue weighted by molar-refractivity contribution is 6.00. The van der Waals surface area contributed by atoms with Gasteiger partial charge in [0, 0.05) is 24.8 Å². The Morgan fingerprint density at radius 1 is 1.21 bits per heavy atom. The fraction of sp³-hybridized carbons (Fsp3) is 0.579. The van der Waals surface area contributed by atoms with Crippen LogP contribution in [0.15, 0.2) is 24.3 Å². The summed E-state index contributed by atoms with van der Waals surface area (Å²) in [6.07, 6.45) is 6.55. The number of anilines is 1. The number of nitrogens with zero attached hydrogens (tertiary/aromatic N) is 1. The summed E-state index contributed by atoms with van der Waals surface area (Å²) in [5, 5.41) is 12.9. The van der Waals surface area contributed by atoms with E-state index in [4.69, 9.17) is 0 Å². The van der Waals surface area contributed by atoms with Gasteiger partial charge in [0.1, 0.15) is 0 Å². The molecular formula is C19H26N2O3. The first-order valence-electron chi connectivity index (χ1n) is 8.88. The predicted octanol–water partition coefficient (Wildman–Crippen LogP) is 3.37. The van der Waals surface area contributed by atoms with Crippen LogP contribution in [0.2, 0.25) is 0 Å². The Morgan fingerprint density at radius 3 is 2.58 bits per heavy atom. The van der Waals surface area contributed by atoms with Crippen LogP contribution in [0, 0.1) is 5.41 Å². The monoisotopic (exact) mass is 330 g/mol. The van der Waals surface area contributed by atoms with Crippen LogP contribution in [0.3, 0.4) is 0 Å². The van der Waals surface area contributed by atoms with Gasteiger partial charge in [-0.3, -0.25) is 9.59 Å². The van der Waals surface area contributed by atoms with E-state index in [2.05, 4.69) is 5.32 Å². The molecule has 1 saturated carbocycles. The molecule has 1 aliphatic heterocycles. The van der Waals surface area contributed by atoms with E-state index in [1.54, 1.807) is 11.8 Å². The Balaban J connectivity index is 1.74. The molecule has 1 saturated heterocycles. The van der Waals surface area contributed by atoms with Crippen molar-refractivity contribution in [1.82, 2.24) is 4.90 Å². The zero-order valence-electron chi connectivity index (χ0n) is 14.3. The number of amides is 1. The van der Waals surface area contributed by atoms with E-state index in [0.29, 0.717) is 24.6 Å². The third-order valence-electron chi connectivity index (χ3n) is 5.40. The van der Waals surface area contributed by atoms with E-state index in [-0.39, 0.29) is 12.5 Å². The molecule has 1 aromatic carbocycles. The Bertz CT molecular complexity index is 625. The molecule has 24 heavy (non-hydrogen) atoms. The summed E-state index contributed by atoms with van der Waals surface area (Å²) in [5.41, 5.74) is 0.692. The lowest BCUT2D eigenvalue weighted by Gasteiger charge is -2.26. The van der Waals surface area contributed by atoms with Crippen LogP contribution < -0.4 is 5.32 Å². The number of likely N-dealkylation sites (tertiary alicyclic amines) is 1. The van der Waals surface area contributed by atoms with Gasteiger partial charge < -0.3 is 15.3 Å². The summed E-state index contributed by atoms with van der Waals surface area (Å²) in [7, 11) is 0. The lowest BCUT2D eigenvalue weighted by atomic mass is 9.90. The van der Waals surface area contributed by atoms with E-state index in [9.17, 15) is 14.7 Å². The SMILES string of the molecule is CC1(C(=O)O)CCN(C(=O)c2ccccc2NC2CCCCC2)C1. The normalized spacial score (nSPS) is 24.8. The molecule has 0 radical (unpaired) electrons. The Labute approximate surface area is 143 Å². The molecule has 1 aliphatic carbocycles. The first-order chi connectivity index (χ1) is 11.5. The second kappa shape index (κ2) is 6.83. The number of carbonyl (C=O) groups is 2. The summed E-state index contributed by atoms with van der Waals surface area (Å²) in [4.78, 5) is 26.0. The van der Waals surface area contributed by atoms with E-state index >= 15 is 0 Å². The maximum absolute atomic E-state index is 12.9.